The highest BCUT2D eigenvalue weighted by Crippen LogP contribution is 2.33. The molecule has 5 heteroatoms. The van der Waals surface area contributed by atoms with Crippen molar-refractivity contribution < 1.29 is 9.53 Å². The zero-order valence-electron chi connectivity index (χ0n) is 13.9. The van der Waals surface area contributed by atoms with Gasteiger partial charge in [-0.3, -0.25) is 4.79 Å². The smallest absolute Gasteiger partial charge is 0.220 e. The monoisotopic (exact) mass is 327 g/mol. The minimum atomic E-state index is 0.0000366. The second-order valence-electron chi connectivity index (χ2n) is 7.07. The van der Waals surface area contributed by atoms with Crippen molar-refractivity contribution in [2.24, 2.45) is 0 Å². The highest BCUT2D eigenvalue weighted by Gasteiger charge is 2.41. The van der Waals surface area contributed by atoms with Gasteiger partial charge in [-0.2, -0.15) is 0 Å². The number of piperidine rings is 1. The van der Waals surface area contributed by atoms with E-state index in [1.807, 2.05) is 18.3 Å². The van der Waals surface area contributed by atoms with Crippen molar-refractivity contribution in [2.45, 2.75) is 43.7 Å². The fourth-order valence-corrected chi connectivity index (χ4v) is 4.05. The van der Waals surface area contributed by atoms with E-state index in [4.69, 9.17) is 4.74 Å². The lowest BCUT2D eigenvalue weighted by atomic mass is 9.88. The maximum Gasteiger partial charge on any atom is 0.220 e. The van der Waals surface area contributed by atoms with Crippen LogP contribution in [0.2, 0.25) is 0 Å². The van der Waals surface area contributed by atoms with Gasteiger partial charge in [0.2, 0.25) is 5.91 Å². The molecule has 0 radical (unpaired) electrons. The van der Waals surface area contributed by atoms with Gasteiger partial charge in [0, 0.05) is 23.5 Å². The summed E-state index contributed by atoms with van der Waals surface area (Å²) in [5, 5.41) is 7.75. The zero-order valence-corrected chi connectivity index (χ0v) is 13.9. The molecule has 1 unspecified atom stereocenters. The van der Waals surface area contributed by atoms with Crippen LogP contribution in [0.25, 0.3) is 10.9 Å². The van der Waals surface area contributed by atoms with Crippen LogP contribution < -0.4 is 10.6 Å². The van der Waals surface area contributed by atoms with Crippen LogP contribution >= 0.6 is 0 Å². The Balaban J connectivity index is 1.29. The number of hydrogen-bond acceptors (Lipinski definition) is 3. The van der Waals surface area contributed by atoms with E-state index in [0.717, 1.165) is 44.3 Å². The molecule has 2 aromatic rings. The van der Waals surface area contributed by atoms with E-state index in [1.54, 1.807) is 0 Å². The minimum Gasteiger partial charge on any atom is -0.373 e. The second-order valence-corrected chi connectivity index (χ2v) is 7.07. The van der Waals surface area contributed by atoms with Gasteiger partial charge in [-0.15, -0.1) is 0 Å². The first-order chi connectivity index (χ1) is 11.7. The summed E-state index contributed by atoms with van der Waals surface area (Å²) in [7, 11) is 0. The Kier molecular flexibility index (Phi) is 4.29. The van der Waals surface area contributed by atoms with E-state index in [0.29, 0.717) is 13.0 Å². The van der Waals surface area contributed by atoms with E-state index >= 15 is 0 Å². The molecule has 2 aliphatic rings. The number of rotatable bonds is 4. The van der Waals surface area contributed by atoms with Crippen LogP contribution in [-0.4, -0.2) is 42.2 Å². The van der Waals surface area contributed by atoms with E-state index in [2.05, 4.69) is 27.8 Å². The summed E-state index contributed by atoms with van der Waals surface area (Å²) in [5.74, 6) is 0.125. The van der Waals surface area contributed by atoms with Crippen molar-refractivity contribution in [3.05, 3.63) is 36.0 Å². The standard InChI is InChI=1S/C19H25N3O2/c23-18(6-5-14-12-21-17-4-2-1-3-16(14)17)22-15-11-19(24-13-15)7-9-20-10-8-19/h1-4,12,15,20-21H,5-11,13H2,(H,22,23). The summed E-state index contributed by atoms with van der Waals surface area (Å²) in [6.45, 7) is 2.68. The third-order valence-electron chi connectivity index (χ3n) is 5.39. The Labute approximate surface area is 142 Å². The SMILES string of the molecule is O=C(CCc1c[nH]c2ccccc12)NC1COC2(CCNCC2)C1. The third-order valence-corrected chi connectivity index (χ3v) is 5.39. The molecule has 1 aromatic heterocycles. The number of ether oxygens (including phenoxy) is 1. The van der Waals surface area contributed by atoms with Gasteiger partial charge >= 0.3 is 0 Å². The maximum atomic E-state index is 12.3. The molecule has 1 aromatic carbocycles. The van der Waals surface area contributed by atoms with Crippen molar-refractivity contribution in [3.63, 3.8) is 0 Å². The predicted octanol–water partition coefficient (Wildman–Crippen LogP) is 2.13. The van der Waals surface area contributed by atoms with Gasteiger partial charge in [0.25, 0.3) is 0 Å². The van der Waals surface area contributed by atoms with Crippen LogP contribution in [0, 0.1) is 0 Å². The summed E-state index contributed by atoms with van der Waals surface area (Å²) in [6, 6.07) is 8.39. The van der Waals surface area contributed by atoms with Crippen LogP contribution in [0.3, 0.4) is 0 Å². The number of nitrogens with one attached hydrogen (secondary N) is 3. The summed E-state index contributed by atoms with van der Waals surface area (Å²) < 4.78 is 6.04. The number of hydrogen-bond donors (Lipinski definition) is 3. The number of aromatic amines is 1. The molecule has 5 nitrogen and oxygen atoms in total. The molecule has 1 spiro atoms. The van der Waals surface area contributed by atoms with Gasteiger partial charge < -0.3 is 20.4 Å². The Hall–Kier alpha value is -1.85. The summed E-state index contributed by atoms with van der Waals surface area (Å²) in [6.07, 6.45) is 6.35. The molecule has 128 valence electrons. The zero-order chi connectivity index (χ0) is 16.4. The van der Waals surface area contributed by atoms with Crippen molar-refractivity contribution in [1.29, 1.82) is 0 Å². The molecule has 1 amide bonds. The quantitative estimate of drug-likeness (QED) is 0.806. The number of fused-ring (bicyclic) bond motifs is 1. The largest absolute Gasteiger partial charge is 0.373 e. The molecule has 0 aliphatic carbocycles. The number of carbonyl (C=O) groups is 1. The average molecular weight is 327 g/mol. The third kappa shape index (κ3) is 3.19. The Morgan fingerprint density at radius 1 is 1.29 bits per heavy atom. The first kappa shape index (κ1) is 15.7. The van der Waals surface area contributed by atoms with E-state index in [-0.39, 0.29) is 17.6 Å². The molecule has 0 saturated carbocycles. The van der Waals surface area contributed by atoms with Crippen LogP contribution in [0.4, 0.5) is 0 Å². The number of amides is 1. The molecule has 3 N–H and O–H groups in total. The molecule has 3 heterocycles. The molecule has 4 rings (SSSR count). The summed E-state index contributed by atoms with van der Waals surface area (Å²) in [4.78, 5) is 15.6. The van der Waals surface area contributed by atoms with Gasteiger partial charge in [-0.05, 0) is 50.4 Å². The Morgan fingerprint density at radius 2 is 2.12 bits per heavy atom. The lowest BCUT2D eigenvalue weighted by molar-refractivity contribution is -0.121. The predicted molar refractivity (Wildman–Crippen MR) is 94.0 cm³/mol. The molecule has 2 fully saturated rings. The number of para-hydroxylation sites is 1. The minimum absolute atomic E-state index is 0.0000366. The maximum absolute atomic E-state index is 12.3. The highest BCUT2D eigenvalue weighted by molar-refractivity contribution is 5.84. The fraction of sp³-hybridized carbons (Fsp3) is 0.526. The summed E-state index contributed by atoms with van der Waals surface area (Å²) >= 11 is 0. The fourth-order valence-electron chi connectivity index (χ4n) is 4.05. The molecule has 2 saturated heterocycles. The number of carbonyl (C=O) groups excluding carboxylic acids is 1. The summed E-state index contributed by atoms with van der Waals surface area (Å²) in [5.41, 5.74) is 2.34. The molecule has 0 bridgehead atoms. The number of aromatic nitrogens is 1. The Morgan fingerprint density at radius 3 is 3.00 bits per heavy atom. The van der Waals surface area contributed by atoms with Gasteiger partial charge in [0.15, 0.2) is 0 Å². The lowest BCUT2D eigenvalue weighted by Gasteiger charge is -2.32. The number of aryl methyl sites for hydroxylation is 1. The normalized spacial score (nSPS) is 22.9. The molecule has 24 heavy (non-hydrogen) atoms. The molecule has 2 aliphatic heterocycles. The molecule has 1 atom stereocenters. The second kappa shape index (κ2) is 6.57. The van der Waals surface area contributed by atoms with Gasteiger partial charge in [-0.1, -0.05) is 18.2 Å². The first-order valence-corrected chi connectivity index (χ1v) is 8.93. The molecular formula is C19H25N3O2. The van der Waals surface area contributed by atoms with Crippen LogP contribution in [0.15, 0.2) is 30.5 Å². The molecular weight excluding hydrogens is 302 g/mol. The van der Waals surface area contributed by atoms with Crippen LogP contribution in [-0.2, 0) is 16.0 Å². The highest BCUT2D eigenvalue weighted by atomic mass is 16.5. The van der Waals surface area contributed by atoms with Gasteiger partial charge in [0.05, 0.1) is 18.2 Å². The first-order valence-electron chi connectivity index (χ1n) is 8.93. The number of H-pyrrole nitrogens is 1. The van der Waals surface area contributed by atoms with Crippen LogP contribution in [0.5, 0.6) is 0 Å². The lowest BCUT2D eigenvalue weighted by Crippen LogP contribution is -2.43. The van der Waals surface area contributed by atoms with Crippen LogP contribution in [0.1, 0.15) is 31.2 Å². The topological polar surface area (TPSA) is 66.2 Å². The van der Waals surface area contributed by atoms with E-state index in [1.165, 1.54) is 10.9 Å². The van der Waals surface area contributed by atoms with E-state index in [9.17, 15) is 4.79 Å². The van der Waals surface area contributed by atoms with Crippen molar-refractivity contribution >= 4 is 16.8 Å². The van der Waals surface area contributed by atoms with Crippen molar-refractivity contribution in [2.75, 3.05) is 19.7 Å². The van der Waals surface area contributed by atoms with Crippen molar-refractivity contribution in [1.82, 2.24) is 15.6 Å². The average Bonchev–Trinajstić information content (AvgIpc) is 3.18. The van der Waals surface area contributed by atoms with E-state index < -0.39 is 0 Å². The number of benzene rings is 1. The van der Waals surface area contributed by atoms with Gasteiger partial charge in [0.1, 0.15) is 0 Å². The Bertz CT molecular complexity index is 718. The van der Waals surface area contributed by atoms with Gasteiger partial charge in [-0.25, -0.2) is 0 Å². The van der Waals surface area contributed by atoms with Crippen molar-refractivity contribution in [3.8, 4) is 0 Å².